The lowest BCUT2D eigenvalue weighted by molar-refractivity contribution is 0.00812. The van der Waals surface area contributed by atoms with Crippen LogP contribution in [-0.4, -0.2) is 35.1 Å². The lowest BCUT2D eigenvalue weighted by atomic mass is 9.99. The third-order valence-corrected chi connectivity index (χ3v) is 4.19. The molecule has 4 heteroatoms. The minimum Gasteiger partial charge on any atom is -0.379 e. The van der Waals surface area contributed by atoms with Crippen molar-refractivity contribution in [3.63, 3.8) is 0 Å². The molecule has 4 nitrogen and oxygen atoms in total. The summed E-state index contributed by atoms with van der Waals surface area (Å²) >= 11 is 0. The first kappa shape index (κ1) is 14.5. The highest BCUT2D eigenvalue weighted by Gasteiger charge is 2.43. The fourth-order valence-electron chi connectivity index (χ4n) is 2.59. The topological polar surface area (TPSA) is 39.1 Å². The first-order valence-corrected chi connectivity index (χ1v) is 7.21. The van der Waals surface area contributed by atoms with E-state index in [1.807, 2.05) is 12.3 Å². The third-order valence-electron chi connectivity index (χ3n) is 4.19. The average Bonchev–Trinajstić information content (AvgIpc) is 2.92. The minimum atomic E-state index is -0.0505. The maximum atomic E-state index is 5.49. The molecule has 1 atom stereocenters. The van der Waals surface area contributed by atoms with Crippen molar-refractivity contribution >= 4 is 0 Å². The number of nitrogens with zero attached hydrogens (tertiary/aromatic N) is 2. The Kier molecular flexibility index (Phi) is 4.31. The zero-order valence-corrected chi connectivity index (χ0v) is 12.6. The van der Waals surface area contributed by atoms with Crippen molar-refractivity contribution in [2.75, 3.05) is 13.7 Å². The minimum absolute atomic E-state index is 0.0505. The molecule has 0 bridgehead atoms. The number of aromatic nitrogens is 2. The summed E-state index contributed by atoms with van der Waals surface area (Å²) in [5.41, 5.74) is 0.378. The van der Waals surface area contributed by atoms with Crippen molar-refractivity contribution < 1.29 is 4.74 Å². The van der Waals surface area contributed by atoms with E-state index >= 15 is 0 Å². The summed E-state index contributed by atoms with van der Waals surface area (Å²) in [5, 5.41) is 7.98. The smallest absolute Gasteiger partial charge is 0.0637 e. The van der Waals surface area contributed by atoms with E-state index in [0.717, 1.165) is 19.5 Å². The quantitative estimate of drug-likeness (QED) is 0.785. The van der Waals surface area contributed by atoms with Gasteiger partial charge in [-0.1, -0.05) is 0 Å². The van der Waals surface area contributed by atoms with Gasteiger partial charge in [-0.3, -0.25) is 4.68 Å². The standard InChI is InChI=1S/C15H27N3O/c1-13(10-14(2,3)19-4)16-11-15(6-7-15)12-18-9-5-8-17-18/h5,8-9,13,16H,6-7,10-12H2,1-4H3/t13-/m1/s1. The number of methoxy groups -OCH3 is 1. The van der Waals surface area contributed by atoms with Crippen molar-refractivity contribution in [2.45, 2.75) is 58.2 Å². The van der Waals surface area contributed by atoms with Crippen molar-refractivity contribution in [3.05, 3.63) is 18.5 Å². The second-order valence-electron chi connectivity index (χ2n) is 6.65. The number of hydrogen-bond donors (Lipinski definition) is 1. The number of nitrogens with one attached hydrogen (secondary N) is 1. The normalized spacial score (nSPS) is 19.4. The first-order valence-electron chi connectivity index (χ1n) is 7.21. The fraction of sp³-hybridized carbons (Fsp3) is 0.800. The van der Waals surface area contributed by atoms with Crippen molar-refractivity contribution in [3.8, 4) is 0 Å². The lowest BCUT2D eigenvalue weighted by Crippen LogP contribution is -2.39. The van der Waals surface area contributed by atoms with Crippen LogP contribution in [0.4, 0.5) is 0 Å². The Morgan fingerprint density at radius 3 is 2.74 bits per heavy atom. The maximum absolute atomic E-state index is 5.49. The van der Waals surface area contributed by atoms with Crippen LogP contribution < -0.4 is 5.32 Å². The van der Waals surface area contributed by atoms with E-state index in [1.165, 1.54) is 12.8 Å². The van der Waals surface area contributed by atoms with Crippen LogP contribution in [0, 0.1) is 5.41 Å². The molecule has 1 aromatic heterocycles. The summed E-state index contributed by atoms with van der Waals surface area (Å²) in [6, 6.07) is 2.47. The van der Waals surface area contributed by atoms with Gasteiger partial charge in [0.05, 0.1) is 5.60 Å². The lowest BCUT2D eigenvalue weighted by Gasteiger charge is -2.28. The SMILES string of the molecule is COC(C)(C)C[C@@H](C)NCC1(Cn2cccn2)CC1. The molecular weight excluding hydrogens is 238 g/mol. The van der Waals surface area contributed by atoms with Gasteiger partial charge >= 0.3 is 0 Å². The molecule has 0 saturated heterocycles. The van der Waals surface area contributed by atoms with Crippen LogP contribution in [-0.2, 0) is 11.3 Å². The molecule has 1 N–H and O–H groups in total. The summed E-state index contributed by atoms with van der Waals surface area (Å²) in [4.78, 5) is 0. The van der Waals surface area contributed by atoms with Gasteiger partial charge in [0.15, 0.2) is 0 Å². The van der Waals surface area contributed by atoms with E-state index in [0.29, 0.717) is 11.5 Å². The maximum Gasteiger partial charge on any atom is 0.0637 e. The highest BCUT2D eigenvalue weighted by Crippen LogP contribution is 2.46. The summed E-state index contributed by atoms with van der Waals surface area (Å²) in [7, 11) is 1.78. The van der Waals surface area contributed by atoms with Crippen molar-refractivity contribution in [1.82, 2.24) is 15.1 Å². The van der Waals surface area contributed by atoms with Gasteiger partial charge in [0.25, 0.3) is 0 Å². The molecule has 0 aliphatic heterocycles. The van der Waals surface area contributed by atoms with Crippen LogP contribution in [0.2, 0.25) is 0 Å². The molecule has 19 heavy (non-hydrogen) atoms. The van der Waals surface area contributed by atoms with Crippen LogP contribution in [0.25, 0.3) is 0 Å². The summed E-state index contributed by atoms with van der Waals surface area (Å²) in [5.74, 6) is 0. The van der Waals surface area contributed by atoms with Crippen LogP contribution in [0.15, 0.2) is 18.5 Å². The molecule has 0 spiro atoms. The Morgan fingerprint density at radius 2 is 2.21 bits per heavy atom. The van der Waals surface area contributed by atoms with E-state index in [2.05, 4.69) is 42.1 Å². The van der Waals surface area contributed by atoms with E-state index in [1.54, 1.807) is 7.11 Å². The van der Waals surface area contributed by atoms with Gasteiger partial charge in [-0.2, -0.15) is 5.10 Å². The number of ether oxygens (including phenoxy) is 1. The predicted octanol–water partition coefficient (Wildman–Crippen LogP) is 2.46. The third kappa shape index (κ3) is 4.32. The Bertz CT molecular complexity index is 382. The highest BCUT2D eigenvalue weighted by atomic mass is 16.5. The number of hydrogen-bond acceptors (Lipinski definition) is 3. The molecule has 1 aliphatic carbocycles. The van der Waals surface area contributed by atoms with Gasteiger partial charge in [0.2, 0.25) is 0 Å². The zero-order chi connectivity index (χ0) is 13.9. The second kappa shape index (κ2) is 5.63. The van der Waals surface area contributed by atoms with Crippen LogP contribution >= 0.6 is 0 Å². The molecular formula is C15H27N3O. The molecule has 108 valence electrons. The molecule has 0 aromatic carbocycles. The summed E-state index contributed by atoms with van der Waals surface area (Å²) in [6.07, 6.45) is 7.55. The predicted molar refractivity (Wildman–Crippen MR) is 77.1 cm³/mol. The number of rotatable bonds is 8. The van der Waals surface area contributed by atoms with Gasteiger partial charge in [-0.15, -0.1) is 0 Å². The molecule has 1 heterocycles. The second-order valence-corrected chi connectivity index (χ2v) is 6.65. The monoisotopic (exact) mass is 265 g/mol. The van der Waals surface area contributed by atoms with E-state index in [-0.39, 0.29) is 5.60 Å². The van der Waals surface area contributed by atoms with E-state index < -0.39 is 0 Å². The first-order chi connectivity index (χ1) is 8.95. The van der Waals surface area contributed by atoms with E-state index in [9.17, 15) is 0 Å². The molecule has 1 fully saturated rings. The zero-order valence-electron chi connectivity index (χ0n) is 12.6. The Hall–Kier alpha value is -0.870. The largest absolute Gasteiger partial charge is 0.379 e. The average molecular weight is 265 g/mol. The molecule has 2 rings (SSSR count). The Morgan fingerprint density at radius 1 is 1.47 bits per heavy atom. The summed E-state index contributed by atoms with van der Waals surface area (Å²) in [6.45, 7) is 8.63. The Labute approximate surface area is 116 Å². The van der Waals surface area contributed by atoms with Gasteiger partial charge in [0, 0.05) is 44.0 Å². The van der Waals surface area contributed by atoms with Gasteiger partial charge in [-0.05, 0) is 46.1 Å². The molecule has 1 aliphatic rings. The van der Waals surface area contributed by atoms with Crippen LogP contribution in [0.1, 0.15) is 40.0 Å². The van der Waals surface area contributed by atoms with Crippen molar-refractivity contribution in [2.24, 2.45) is 5.41 Å². The van der Waals surface area contributed by atoms with E-state index in [4.69, 9.17) is 4.74 Å². The fourth-order valence-corrected chi connectivity index (χ4v) is 2.59. The van der Waals surface area contributed by atoms with Gasteiger partial charge < -0.3 is 10.1 Å². The van der Waals surface area contributed by atoms with Gasteiger partial charge in [-0.25, -0.2) is 0 Å². The molecule has 0 amide bonds. The van der Waals surface area contributed by atoms with Crippen LogP contribution in [0.3, 0.4) is 0 Å². The van der Waals surface area contributed by atoms with Crippen LogP contribution in [0.5, 0.6) is 0 Å². The Balaban J connectivity index is 1.76. The van der Waals surface area contributed by atoms with Gasteiger partial charge in [0.1, 0.15) is 0 Å². The molecule has 0 unspecified atom stereocenters. The molecule has 0 radical (unpaired) electrons. The highest BCUT2D eigenvalue weighted by molar-refractivity contribution is 4.96. The molecule has 1 saturated carbocycles. The molecule has 1 aromatic rings. The summed E-state index contributed by atoms with van der Waals surface area (Å²) < 4.78 is 7.54. The van der Waals surface area contributed by atoms with Crippen molar-refractivity contribution in [1.29, 1.82) is 0 Å².